The molecule has 2 aromatic heterocycles. The molecule has 2 heterocycles. The van der Waals surface area contributed by atoms with Crippen LogP contribution in [-0.2, 0) is 6.54 Å². The van der Waals surface area contributed by atoms with Crippen molar-refractivity contribution in [1.29, 1.82) is 0 Å². The molecule has 1 amide bonds. The van der Waals surface area contributed by atoms with Crippen LogP contribution in [0.2, 0.25) is 0 Å². The normalized spacial score (nSPS) is 10.8. The number of aryl methyl sites for hydroxylation is 1. The zero-order valence-corrected chi connectivity index (χ0v) is 11.4. The Balaban J connectivity index is 1.91. The molecule has 96 valence electrons. The van der Waals surface area contributed by atoms with Gasteiger partial charge >= 0.3 is 0 Å². The Labute approximate surface area is 115 Å². The minimum atomic E-state index is -0.0600. The van der Waals surface area contributed by atoms with E-state index in [4.69, 9.17) is 0 Å². The molecular formula is C15H14N2OS. The van der Waals surface area contributed by atoms with E-state index < -0.39 is 0 Å². The van der Waals surface area contributed by atoms with Gasteiger partial charge in [0.05, 0.1) is 11.1 Å². The fraction of sp³-hybridized carbons (Fsp3) is 0.133. The van der Waals surface area contributed by atoms with Gasteiger partial charge in [-0.1, -0.05) is 6.07 Å². The molecule has 0 aliphatic heterocycles. The lowest BCUT2D eigenvalue weighted by Crippen LogP contribution is -2.10. The summed E-state index contributed by atoms with van der Waals surface area (Å²) in [5.41, 5.74) is 2.68. The monoisotopic (exact) mass is 270 g/mol. The molecular weight excluding hydrogens is 256 g/mol. The van der Waals surface area contributed by atoms with Crippen molar-refractivity contribution in [2.75, 3.05) is 5.32 Å². The van der Waals surface area contributed by atoms with Crippen LogP contribution in [0.5, 0.6) is 0 Å². The quantitative estimate of drug-likeness (QED) is 0.767. The molecule has 0 fully saturated rings. The van der Waals surface area contributed by atoms with Crippen molar-refractivity contribution in [3.8, 4) is 0 Å². The lowest BCUT2D eigenvalue weighted by Gasteiger charge is -2.06. The molecule has 0 radical (unpaired) electrons. The van der Waals surface area contributed by atoms with Gasteiger partial charge in [0.2, 0.25) is 0 Å². The lowest BCUT2D eigenvalue weighted by molar-refractivity contribution is 0.102. The fourth-order valence-corrected chi connectivity index (χ4v) is 2.77. The molecule has 1 aromatic carbocycles. The highest BCUT2D eigenvalue weighted by Crippen LogP contribution is 2.21. The third-order valence-corrected chi connectivity index (χ3v) is 3.84. The second-order valence-electron chi connectivity index (χ2n) is 4.34. The minimum Gasteiger partial charge on any atom is -0.348 e. The topological polar surface area (TPSA) is 34.0 Å². The van der Waals surface area contributed by atoms with Crippen LogP contribution in [0.1, 0.15) is 17.3 Å². The standard InChI is InChI=1S/C15H14N2OS/c1-2-17-7-5-11-3-4-13(9-14(11)17)16-15(18)12-6-8-19-10-12/h3-10H,2H2,1H3,(H,16,18). The first-order valence-corrected chi connectivity index (χ1v) is 7.14. The fourth-order valence-electron chi connectivity index (χ4n) is 2.13. The van der Waals surface area contributed by atoms with Gasteiger partial charge in [-0.2, -0.15) is 11.3 Å². The van der Waals surface area contributed by atoms with E-state index in [-0.39, 0.29) is 5.91 Å². The molecule has 0 unspecified atom stereocenters. The second-order valence-corrected chi connectivity index (χ2v) is 5.12. The number of anilines is 1. The number of nitrogens with one attached hydrogen (secondary N) is 1. The van der Waals surface area contributed by atoms with E-state index in [1.54, 1.807) is 0 Å². The molecule has 3 rings (SSSR count). The van der Waals surface area contributed by atoms with Gasteiger partial charge in [-0.3, -0.25) is 4.79 Å². The van der Waals surface area contributed by atoms with Crippen molar-refractivity contribution >= 4 is 33.8 Å². The third kappa shape index (κ3) is 2.27. The van der Waals surface area contributed by atoms with Gasteiger partial charge in [0.25, 0.3) is 5.91 Å². The number of rotatable bonds is 3. The Morgan fingerprint density at radius 2 is 2.21 bits per heavy atom. The number of hydrogen-bond acceptors (Lipinski definition) is 2. The zero-order chi connectivity index (χ0) is 13.2. The van der Waals surface area contributed by atoms with Gasteiger partial charge in [0.15, 0.2) is 0 Å². The van der Waals surface area contributed by atoms with Crippen LogP contribution in [0.3, 0.4) is 0 Å². The van der Waals surface area contributed by atoms with Crippen molar-refractivity contribution in [1.82, 2.24) is 4.57 Å². The third-order valence-electron chi connectivity index (χ3n) is 3.16. The average Bonchev–Trinajstić information content (AvgIpc) is 3.07. The number of carbonyl (C=O) groups excluding carboxylic acids is 1. The van der Waals surface area contributed by atoms with E-state index in [0.29, 0.717) is 5.56 Å². The first kappa shape index (κ1) is 12.0. The molecule has 1 N–H and O–H groups in total. The zero-order valence-electron chi connectivity index (χ0n) is 10.6. The van der Waals surface area contributed by atoms with Gasteiger partial charge < -0.3 is 9.88 Å². The van der Waals surface area contributed by atoms with E-state index in [0.717, 1.165) is 17.7 Å². The van der Waals surface area contributed by atoms with Gasteiger partial charge in [-0.25, -0.2) is 0 Å². The highest BCUT2D eigenvalue weighted by atomic mass is 32.1. The summed E-state index contributed by atoms with van der Waals surface area (Å²) in [6.07, 6.45) is 2.06. The Morgan fingerprint density at radius 3 is 2.95 bits per heavy atom. The van der Waals surface area contributed by atoms with Crippen LogP contribution in [0.15, 0.2) is 47.3 Å². The van der Waals surface area contributed by atoms with Crippen molar-refractivity contribution < 1.29 is 4.79 Å². The smallest absolute Gasteiger partial charge is 0.256 e. The molecule has 0 atom stereocenters. The van der Waals surface area contributed by atoms with E-state index in [1.165, 1.54) is 16.7 Å². The molecule has 3 nitrogen and oxygen atoms in total. The molecule has 0 aliphatic rings. The molecule has 4 heteroatoms. The highest BCUT2D eigenvalue weighted by molar-refractivity contribution is 7.08. The first-order valence-electron chi connectivity index (χ1n) is 6.20. The van der Waals surface area contributed by atoms with E-state index in [1.807, 2.05) is 35.0 Å². The van der Waals surface area contributed by atoms with Crippen LogP contribution in [0.4, 0.5) is 5.69 Å². The predicted molar refractivity (Wildman–Crippen MR) is 79.9 cm³/mol. The summed E-state index contributed by atoms with van der Waals surface area (Å²) in [5, 5.41) is 7.88. The molecule has 0 saturated heterocycles. The summed E-state index contributed by atoms with van der Waals surface area (Å²) in [6, 6.07) is 9.90. The summed E-state index contributed by atoms with van der Waals surface area (Å²) in [4.78, 5) is 12.0. The number of hydrogen-bond donors (Lipinski definition) is 1. The summed E-state index contributed by atoms with van der Waals surface area (Å²) < 4.78 is 2.16. The van der Waals surface area contributed by atoms with Crippen LogP contribution in [-0.4, -0.2) is 10.5 Å². The number of fused-ring (bicyclic) bond motifs is 1. The van der Waals surface area contributed by atoms with Crippen molar-refractivity contribution in [3.05, 3.63) is 52.9 Å². The molecule has 0 saturated carbocycles. The summed E-state index contributed by atoms with van der Waals surface area (Å²) >= 11 is 1.52. The Hall–Kier alpha value is -2.07. The SMILES string of the molecule is CCn1ccc2ccc(NC(=O)c3ccsc3)cc21. The van der Waals surface area contributed by atoms with E-state index >= 15 is 0 Å². The molecule has 19 heavy (non-hydrogen) atoms. The van der Waals surface area contributed by atoms with Gasteiger partial charge in [0, 0.05) is 23.8 Å². The number of amides is 1. The van der Waals surface area contributed by atoms with Gasteiger partial charge in [-0.15, -0.1) is 0 Å². The number of carbonyl (C=O) groups is 1. The molecule has 0 spiro atoms. The van der Waals surface area contributed by atoms with Crippen LogP contribution < -0.4 is 5.32 Å². The van der Waals surface area contributed by atoms with E-state index in [2.05, 4.69) is 29.1 Å². The van der Waals surface area contributed by atoms with Crippen molar-refractivity contribution in [2.45, 2.75) is 13.5 Å². The van der Waals surface area contributed by atoms with Crippen LogP contribution in [0, 0.1) is 0 Å². The van der Waals surface area contributed by atoms with Crippen molar-refractivity contribution in [3.63, 3.8) is 0 Å². The van der Waals surface area contributed by atoms with Crippen LogP contribution >= 0.6 is 11.3 Å². The number of nitrogens with zero attached hydrogens (tertiary/aromatic N) is 1. The first-order chi connectivity index (χ1) is 9.28. The largest absolute Gasteiger partial charge is 0.348 e. The summed E-state index contributed by atoms with van der Waals surface area (Å²) in [7, 11) is 0. The predicted octanol–water partition coefficient (Wildman–Crippen LogP) is 3.98. The highest BCUT2D eigenvalue weighted by Gasteiger charge is 2.07. The maximum atomic E-state index is 12.0. The van der Waals surface area contributed by atoms with Gasteiger partial charge in [-0.05, 0) is 42.0 Å². The number of thiophene rings is 1. The van der Waals surface area contributed by atoms with Crippen molar-refractivity contribution in [2.24, 2.45) is 0 Å². The number of benzene rings is 1. The van der Waals surface area contributed by atoms with Gasteiger partial charge in [0.1, 0.15) is 0 Å². The number of aromatic nitrogens is 1. The maximum Gasteiger partial charge on any atom is 0.256 e. The Bertz CT molecular complexity index is 713. The maximum absolute atomic E-state index is 12.0. The van der Waals surface area contributed by atoms with E-state index in [9.17, 15) is 4.79 Å². The molecule has 3 aromatic rings. The Kier molecular flexibility index (Phi) is 3.09. The average molecular weight is 270 g/mol. The molecule has 0 aliphatic carbocycles. The lowest BCUT2D eigenvalue weighted by atomic mass is 10.2. The summed E-state index contributed by atoms with van der Waals surface area (Å²) in [5.74, 6) is -0.0600. The van der Waals surface area contributed by atoms with Crippen LogP contribution in [0.25, 0.3) is 10.9 Å². The Morgan fingerprint density at radius 1 is 1.32 bits per heavy atom. The summed E-state index contributed by atoms with van der Waals surface area (Å²) in [6.45, 7) is 3.03. The second kappa shape index (κ2) is 4.90. The molecule has 0 bridgehead atoms. The minimum absolute atomic E-state index is 0.0600.